The van der Waals surface area contributed by atoms with E-state index in [0.29, 0.717) is 6.04 Å². The minimum Gasteiger partial charge on any atom is -0.307 e. The van der Waals surface area contributed by atoms with Crippen LogP contribution in [0.2, 0.25) is 0 Å². The maximum Gasteiger partial charge on any atom is 0.0511 e. The fourth-order valence-corrected chi connectivity index (χ4v) is 1.99. The fraction of sp³-hybridized carbons (Fsp3) is 0.467. The Balaban J connectivity index is 3.05. The molecule has 1 atom stereocenters. The molecule has 1 N–H and O–H groups in total. The average Bonchev–Trinajstić information content (AvgIpc) is 2.16. The number of aryl methyl sites for hydroxylation is 2. The summed E-state index contributed by atoms with van der Waals surface area (Å²) < 4.78 is 0. The summed E-state index contributed by atoms with van der Waals surface area (Å²) in [4.78, 5) is 0. The summed E-state index contributed by atoms with van der Waals surface area (Å²) >= 11 is 0. The lowest BCUT2D eigenvalue weighted by Crippen LogP contribution is -2.20. The van der Waals surface area contributed by atoms with Crippen LogP contribution in [0.1, 0.15) is 43.5 Å². The maximum absolute atomic E-state index is 3.51. The normalized spacial score (nSPS) is 12.3. The Morgan fingerprint density at radius 1 is 1.31 bits per heavy atom. The van der Waals surface area contributed by atoms with E-state index in [9.17, 15) is 0 Å². The van der Waals surface area contributed by atoms with Gasteiger partial charge in [0.2, 0.25) is 0 Å². The molecule has 1 aromatic carbocycles. The highest BCUT2D eigenvalue weighted by Crippen LogP contribution is 2.21. The molecule has 1 unspecified atom stereocenters. The second-order valence-electron chi connectivity index (χ2n) is 4.64. The predicted octanol–water partition coefficient (Wildman–Crippen LogP) is 3.92. The number of hydrogen-bond donors (Lipinski definition) is 1. The molecule has 0 saturated carbocycles. The molecule has 0 aliphatic heterocycles. The van der Waals surface area contributed by atoms with Crippen molar-refractivity contribution < 1.29 is 0 Å². The Kier molecular flexibility index (Phi) is 4.75. The molecule has 1 aromatic rings. The molecule has 88 valence electrons. The second kappa shape index (κ2) is 5.86. The van der Waals surface area contributed by atoms with Crippen LogP contribution in [0.5, 0.6) is 0 Å². The first-order chi connectivity index (χ1) is 7.54. The third-order valence-electron chi connectivity index (χ3n) is 2.68. The zero-order chi connectivity index (χ0) is 12.1. The molecule has 0 fully saturated rings. The van der Waals surface area contributed by atoms with Gasteiger partial charge in [-0.15, -0.1) is 0 Å². The van der Waals surface area contributed by atoms with Gasteiger partial charge in [0.25, 0.3) is 0 Å². The molecular weight excluding hydrogens is 194 g/mol. The Morgan fingerprint density at radius 2 is 2.00 bits per heavy atom. The molecule has 0 aliphatic carbocycles. The molecule has 1 nitrogen and oxygen atoms in total. The van der Waals surface area contributed by atoms with Crippen LogP contribution in [0.15, 0.2) is 29.8 Å². The zero-order valence-corrected chi connectivity index (χ0v) is 11.1. The molecule has 0 aromatic heterocycles. The van der Waals surface area contributed by atoms with Gasteiger partial charge in [0.15, 0.2) is 0 Å². The van der Waals surface area contributed by atoms with Crippen LogP contribution < -0.4 is 5.32 Å². The van der Waals surface area contributed by atoms with Crippen molar-refractivity contribution in [1.29, 1.82) is 0 Å². The lowest BCUT2D eigenvalue weighted by atomic mass is 9.98. The summed E-state index contributed by atoms with van der Waals surface area (Å²) in [5, 5.41) is 3.51. The highest BCUT2D eigenvalue weighted by atomic mass is 14.9. The predicted molar refractivity (Wildman–Crippen MR) is 71.8 cm³/mol. The van der Waals surface area contributed by atoms with Gasteiger partial charge in [-0.1, -0.05) is 42.3 Å². The van der Waals surface area contributed by atoms with Crippen LogP contribution in [-0.2, 0) is 0 Å². The number of rotatable bonds is 4. The molecule has 0 radical (unpaired) electrons. The first-order valence-electron chi connectivity index (χ1n) is 6.00. The second-order valence-corrected chi connectivity index (χ2v) is 4.64. The standard InChI is InChI=1S/C15H23N/c1-6-16-15(9-11(2)3)14-8-7-12(4)10-13(14)5/h7-10,15-16H,6H2,1-5H3. The van der Waals surface area contributed by atoms with Crippen LogP contribution in [0.3, 0.4) is 0 Å². The zero-order valence-electron chi connectivity index (χ0n) is 11.1. The highest BCUT2D eigenvalue weighted by molar-refractivity contribution is 5.35. The van der Waals surface area contributed by atoms with Crippen molar-refractivity contribution in [2.24, 2.45) is 0 Å². The van der Waals surface area contributed by atoms with Crippen LogP contribution in [0, 0.1) is 13.8 Å². The van der Waals surface area contributed by atoms with E-state index in [2.05, 4.69) is 64.2 Å². The van der Waals surface area contributed by atoms with Crippen LogP contribution in [-0.4, -0.2) is 6.54 Å². The van der Waals surface area contributed by atoms with Crippen LogP contribution in [0.4, 0.5) is 0 Å². The van der Waals surface area contributed by atoms with Gasteiger partial charge in [-0.3, -0.25) is 0 Å². The molecule has 16 heavy (non-hydrogen) atoms. The lowest BCUT2D eigenvalue weighted by molar-refractivity contribution is 0.641. The van der Waals surface area contributed by atoms with E-state index >= 15 is 0 Å². The molecule has 0 bridgehead atoms. The molecular formula is C15H23N. The van der Waals surface area contributed by atoms with Crippen molar-refractivity contribution in [3.63, 3.8) is 0 Å². The van der Waals surface area contributed by atoms with Crippen molar-refractivity contribution >= 4 is 0 Å². The topological polar surface area (TPSA) is 12.0 Å². The minimum atomic E-state index is 0.343. The molecule has 0 amide bonds. The molecule has 1 heteroatoms. The van der Waals surface area contributed by atoms with E-state index in [0.717, 1.165) is 6.54 Å². The first-order valence-corrected chi connectivity index (χ1v) is 6.00. The SMILES string of the molecule is CCNC(C=C(C)C)c1ccc(C)cc1C. The van der Waals surface area contributed by atoms with Crippen molar-refractivity contribution in [3.05, 3.63) is 46.5 Å². The average molecular weight is 217 g/mol. The largest absolute Gasteiger partial charge is 0.307 e. The monoisotopic (exact) mass is 217 g/mol. The van der Waals surface area contributed by atoms with Gasteiger partial charge >= 0.3 is 0 Å². The van der Waals surface area contributed by atoms with Gasteiger partial charge < -0.3 is 5.32 Å². The fourth-order valence-electron chi connectivity index (χ4n) is 1.99. The molecule has 0 aliphatic rings. The van der Waals surface area contributed by atoms with E-state index in [-0.39, 0.29) is 0 Å². The van der Waals surface area contributed by atoms with E-state index in [1.54, 1.807) is 0 Å². The van der Waals surface area contributed by atoms with Gasteiger partial charge in [-0.05, 0) is 45.4 Å². The van der Waals surface area contributed by atoms with Crippen molar-refractivity contribution in [2.45, 2.75) is 40.7 Å². The minimum absolute atomic E-state index is 0.343. The smallest absolute Gasteiger partial charge is 0.0511 e. The van der Waals surface area contributed by atoms with E-state index < -0.39 is 0 Å². The Bertz CT molecular complexity index is 373. The number of likely N-dealkylation sites (N-methyl/N-ethyl adjacent to an activating group) is 1. The third-order valence-corrected chi connectivity index (χ3v) is 2.68. The van der Waals surface area contributed by atoms with Crippen molar-refractivity contribution in [3.8, 4) is 0 Å². The van der Waals surface area contributed by atoms with Gasteiger partial charge in [-0.25, -0.2) is 0 Å². The third kappa shape index (κ3) is 3.49. The Morgan fingerprint density at radius 3 is 2.50 bits per heavy atom. The van der Waals surface area contributed by atoms with Gasteiger partial charge in [-0.2, -0.15) is 0 Å². The number of allylic oxidation sites excluding steroid dienone is 1. The summed E-state index contributed by atoms with van der Waals surface area (Å²) in [5.74, 6) is 0. The summed E-state index contributed by atoms with van der Waals surface area (Å²) in [5.41, 5.74) is 5.43. The van der Waals surface area contributed by atoms with E-state index in [4.69, 9.17) is 0 Å². The summed E-state index contributed by atoms with van der Waals surface area (Å²) in [6, 6.07) is 7.01. The van der Waals surface area contributed by atoms with Gasteiger partial charge in [0.1, 0.15) is 0 Å². The van der Waals surface area contributed by atoms with Crippen molar-refractivity contribution in [2.75, 3.05) is 6.54 Å². The number of benzene rings is 1. The molecule has 0 heterocycles. The molecule has 0 spiro atoms. The Hall–Kier alpha value is -1.08. The Labute approximate surface area is 99.6 Å². The number of nitrogens with one attached hydrogen (secondary N) is 1. The number of hydrogen-bond acceptors (Lipinski definition) is 1. The van der Waals surface area contributed by atoms with E-state index in [1.807, 2.05) is 0 Å². The maximum atomic E-state index is 3.51. The van der Waals surface area contributed by atoms with Crippen LogP contribution >= 0.6 is 0 Å². The van der Waals surface area contributed by atoms with Gasteiger partial charge in [0, 0.05) is 0 Å². The first kappa shape index (κ1) is 13.0. The van der Waals surface area contributed by atoms with Crippen LogP contribution in [0.25, 0.3) is 0 Å². The van der Waals surface area contributed by atoms with Gasteiger partial charge in [0.05, 0.1) is 6.04 Å². The van der Waals surface area contributed by atoms with Crippen molar-refractivity contribution in [1.82, 2.24) is 5.32 Å². The lowest BCUT2D eigenvalue weighted by Gasteiger charge is -2.18. The quantitative estimate of drug-likeness (QED) is 0.754. The summed E-state index contributed by atoms with van der Waals surface area (Å²) in [7, 11) is 0. The molecule has 1 rings (SSSR count). The summed E-state index contributed by atoms with van der Waals surface area (Å²) in [6.45, 7) is 11.8. The highest BCUT2D eigenvalue weighted by Gasteiger charge is 2.09. The van der Waals surface area contributed by atoms with E-state index in [1.165, 1.54) is 22.3 Å². The summed E-state index contributed by atoms with van der Waals surface area (Å²) in [6.07, 6.45) is 2.29. The molecule has 0 saturated heterocycles.